The quantitative estimate of drug-likeness (QED) is 0.311. The molecule has 3 rings (SSSR count). The van der Waals surface area contributed by atoms with Crippen molar-refractivity contribution < 1.29 is 24.2 Å². The van der Waals surface area contributed by atoms with Crippen molar-refractivity contribution in [2.45, 2.75) is 39.2 Å². The first-order chi connectivity index (χ1) is 15.4. The number of ketones is 1. The number of methoxy groups -OCH3 is 1. The second-order valence-electron chi connectivity index (χ2n) is 7.62. The van der Waals surface area contributed by atoms with Gasteiger partial charge in [-0.15, -0.1) is 0 Å². The third-order valence-corrected chi connectivity index (χ3v) is 5.66. The highest BCUT2D eigenvalue weighted by molar-refractivity contribution is 6.46. The average Bonchev–Trinajstić information content (AvgIpc) is 3.05. The second-order valence-corrected chi connectivity index (χ2v) is 8.02. The zero-order chi connectivity index (χ0) is 23.3. The first kappa shape index (κ1) is 23.7. The molecule has 1 N–H and O–H groups in total. The highest BCUT2D eigenvalue weighted by atomic mass is 35.5. The number of Topliss-reactive ketones (excluding diaryl/α,β-unsaturated/α-hetero) is 1. The van der Waals surface area contributed by atoms with E-state index in [1.165, 1.54) is 18.1 Å². The summed E-state index contributed by atoms with van der Waals surface area (Å²) in [6, 6.07) is 11.3. The standard InChI is InChI=1S/C25H28ClNO5/c1-4-6-12-27-22(16-8-7-9-18(14-16)32-13-5-2)21(24(29)25(27)30)23(28)17-10-11-20(31-3)19(26)15-17/h7-11,14-15,22,28H,4-6,12-13H2,1-3H3/b23-21+. The Morgan fingerprint density at radius 2 is 1.91 bits per heavy atom. The van der Waals surface area contributed by atoms with E-state index in [2.05, 4.69) is 0 Å². The average molecular weight is 458 g/mol. The third-order valence-electron chi connectivity index (χ3n) is 5.36. The lowest BCUT2D eigenvalue weighted by Gasteiger charge is -2.25. The molecule has 0 radical (unpaired) electrons. The molecule has 1 fully saturated rings. The van der Waals surface area contributed by atoms with Crippen LogP contribution in [0.3, 0.4) is 0 Å². The summed E-state index contributed by atoms with van der Waals surface area (Å²) in [7, 11) is 1.49. The number of carbonyl (C=O) groups is 2. The zero-order valence-corrected chi connectivity index (χ0v) is 19.3. The van der Waals surface area contributed by atoms with Crippen LogP contribution in [0.2, 0.25) is 5.02 Å². The molecule has 0 aromatic heterocycles. The van der Waals surface area contributed by atoms with Crippen molar-refractivity contribution in [2.24, 2.45) is 0 Å². The van der Waals surface area contributed by atoms with Crippen molar-refractivity contribution in [2.75, 3.05) is 20.3 Å². The number of hydrogen-bond acceptors (Lipinski definition) is 5. The summed E-state index contributed by atoms with van der Waals surface area (Å²) in [6.07, 6.45) is 2.46. The van der Waals surface area contributed by atoms with Gasteiger partial charge in [-0.05, 0) is 48.7 Å². The molecular weight excluding hydrogens is 430 g/mol. The number of rotatable bonds is 9. The number of ether oxygens (including phenoxy) is 2. The van der Waals surface area contributed by atoms with Gasteiger partial charge in [0.15, 0.2) is 0 Å². The van der Waals surface area contributed by atoms with Crippen LogP contribution in [0.5, 0.6) is 11.5 Å². The maximum Gasteiger partial charge on any atom is 0.295 e. The van der Waals surface area contributed by atoms with E-state index < -0.39 is 17.7 Å². The molecule has 0 saturated carbocycles. The van der Waals surface area contributed by atoms with Crippen molar-refractivity contribution in [3.05, 3.63) is 64.2 Å². The number of amides is 1. The van der Waals surface area contributed by atoms with E-state index in [0.29, 0.717) is 40.8 Å². The zero-order valence-electron chi connectivity index (χ0n) is 18.6. The fraction of sp³-hybridized carbons (Fsp3) is 0.360. The molecule has 6 nitrogen and oxygen atoms in total. The first-order valence-corrected chi connectivity index (χ1v) is 11.2. The Morgan fingerprint density at radius 1 is 1.12 bits per heavy atom. The Hall–Kier alpha value is -2.99. The topological polar surface area (TPSA) is 76.1 Å². The fourth-order valence-corrected chi connectivity index (χ4v) is 4.01. The molecule has 0 aliphatic carbocycles. The van der Waals surface area contributed by atoms with E-state index in [1.807, 2.05) is 38.1 Å². The molecule has 170 valence electrons. The summed E-state index contributed by atoms with van der Waals surface area (Å²) in [4.78, 5) is 27.5. The molecule has 32 heavy (non-hydrogen) atoms. The third kappa shape index (κ3) is 4.75. The lowest BCUT2D eigenvalue weighted by Crippen LogP contribution is -2.30. The first-order valence-electron chi connectivity index (χ1n) is 10.8. The SMILES string of the molecule is CCCCN1C(=O)C(=O)/C(=C(/O)c2ccc(OC)c(Cl)c2)C1c1cccc(OCCC)c1. The van der Waals surface area contributed by atoms with Gasteiger partial charge < -0.3 is 19.5 Å². The Morgan fingerprint density at radius 3 is 2.56 bits per heavy atom. The van der Waals surface area contributed by atoms with E-state index in [1.54, 1.807) is 12.1 Å². The summed E-state index contributed by atoms with van der Waals surface area (Å²) in [5.74, 6) is -0.501. The predicted octanol–water partition coefficient (Wildman–Crippen LogP) is 5.36. The summed E-state index contributed by atoms with van der Waals surface area (Å²) < 4.78 is 10.9. The molecular formula is C25H28ClNO5. The molecule has 1 aliphatic heterocycles. The van der Waals surface area contributed by atoms with Crippen LogP contribution in [0.15, 0.2) is 48.0 Å². The van der Waals surface area contributed by atoms with Gasteiger partial charge in [-0.25, -0.2) is 0 Å². The summed E-state index contributed by atoms with van der Waals surface area (Å²) in [5.41, 5.74) is 1.09. The Labute approximate surface area is 193 Å². The van der Waals surface area contributed by atoms with E-state index in [9.17, 15) is 14.7 Å². The van der Waals surface area contributed by atoms with Crippen LogP contribution in [0.4, 0.5) is 0 Å². The van der Waals surface area contributed by atoms with Crippen molar-refractivity contribution in [1.82, 2.24) is 4.90 Å². The number of aliphatic hydroxyl groups excluding tert-OH is 1. The van der Waals surface area contributed by atoms with Crippen LogP contribution in [0, 0.1) is 0 Å². The van der Waals surface area contributed by atoms with Crippen LogP contribution in [0.25, 0.3) is 5.76 Å². The molecule has 1 unspecified atom stereocenters. The largest absolute Gasteiger partial charge is 0.507 e. The number of unbranched alkanes of at least 4 members (excludes halogenated alkanes) is 1. The highest BCUT2D eigenvalue weighted by Gasteiger charge is 2.45. The van der Waals surface area contributed by atoms with Gasteiger partial charge in [0.25, 0.3) is 11.7 Å². The summed E-state index contributed by atoms with van der Waals surface area (Å²) >= 11 is 6.23. The molecule has 2 aromatic carbocycles. The molecule has 1 saturated heterocycles. The van der Waals surface area contributed by atoms with Gasteiger partial charge in [-0.2, -0.15) is 0 Å². The summed E-state index contributed by atoms with van der Waals surface area (Å²) in [5, 5.41) is 11.4. The minimum absolute atomic E-state index is 0.0416. The number of carbonyl (C=O) groups excluding carboxylic acids is 2. The monoisotopic (exact) mass is 457 g/mol. The smallest absolute Gasteiger partial charge is 0.295 e. The minimum atomic E-state index is -0.715. The normalized spacial score (nSPS) is 17.6. The number of nitrogens with zero attached hydrogens (tertiary/aromatic N) is 1. The van der Waals surface area contributed by atoms with Crippen LogP contribution in [-0.2, 0) is 9.59 Å². The predicted molar refractivity (Wildman–Crippen MR) is 124 cm³/mol. The maximum atomic E-state index is 13.0. The van der Waals surface area contributed by atoms with Crippen LogP contribution in [-0.4, -0.2) is 42.0 Å². The number of halogens is 1. The Balaban J connectivity index is 2.13. The van der Waals surface area contributed by atoms with Crippen LogP contribution >= 0.6 is 11.6 Å². The second kappa shape index (κ2) is 10.6. The Bertz CT molecular complexity index is 1030. The van der Waals surface area contributed by atoms with E-state index in [-0.39, 0.29) is 11.3 Å². The van der Waals surface area contributed by atoms with Crippen LogP contribution in [0.1, 0.15) is 50.3 Å². The van der Waals surface area contributed by atoms with Gasteiger partial charge in [0, 0.05) is 12.1 Å². The molecule has 0 bridgehead atoms. The van der Waals surface area contributed by atoms with Crippen molar-refractivity contribution in [1.29, 1.82) is 0 Å². The Kier molecular flexibility index (Phi) is 7.80. The maximum absolute atomic E-state index is 13.0. The number of likely N-dealkylation sites (tertiary alicyclic amines) is 1. The van der Waals surface area contributed by atoms with Crippen molar-refractivity contribution in [3.63, 3.8) is 0 Å². The lowest BCUT2D eigenvalue weighted by atomic mass is 9.95. The van der Waals surface area contributed by atoms with E-state index in [0.717, 1.165) is 19.3 Å². The van der Waals surface area contributed by atoms with E-state index >= 15 is 0 Å². The number of hydrogen-bond donors (Lipinski definition) is 1. The van der Waals surface area contributed by atoms with Gasteiger partial charge >= 0.3 is 0 Å². The fourth-order valence-electron chi connectivity index (χ4n) is 3.75. The van der Waals surface area contributed by atoms with Gasteiger partial charge in [0.2, 0.25) is 0 Å². The molecule has 2 aromatic rings. The minimum Gasteiger partial charge on any atom is -0.507 e. The lowest BCUT2D eigenvalue weighted by molar-refractivity contribution is -0.139. The van der Waals surface area contributed by atoms with Crippen molar-refractivity contribution in [3.8, 4) is 11.5 Å². The van der Waals surface area contributed by atoms with Gasteiger partial charge in [0.05, 0.1) is 30.4 Å². The molecule has 1 heterocycles. The van der Waals surface area contributed by atoms with E-state index in [4.69, 9.17) is 21.1 Å². The molecule has 0 spiro atoms. The highest BCUT2D eigenvalue weighted by Crippen LogP contribution is 2.41. The molecule has 7 heteroatoms. The molecule has 1 amide bonds. The number of benzene rings is 2. The van der Waals surface area contributed by atoms with Gasteiger partial charge in [-0.3, -0.25) is 9.59 Å². The molecule has 1 aliphatic rings. The van der Waals surface area contributed by atoms with Gasteiger partial charge in [-0.1, -0.05) is 44.0 Å². The van der Waals surface area contributed by atoms with Crippen LogP contribution < -0.4 is 9.47 Å². The van der Waals surface area contributed by atoms with Crippen molar-refractivity contribution >= 4 is 29.1 Å². The summed E-state index contributed by atoms with van der Waals surface area (Å²) in [6.45, 7) is 5.00. The molecule has 1 atom stereocenters. The number of aliphatic hydroxyl groups is 1. The van der Waals surface area contributed by atoms with Gasteiger partial charge in [0.1, 0.15) is 17.3 Å².